The summed E-state index contributed by atoms with van der Waals surface area (Å²) >= 11 is 5.77. The minimum absolute atomic E-state index is 0.248. The summed E-state index contributed by atoms with van der Waals surface area (Å²) in [6.45, 7) is 0. The predicted octanol–water partition coefficient (Wildman–Crippen LogP) is 2.77. The van der Waals surface area contributed by atoms with Gasteiger partial charge in [0, 0.05) is 17.1 Å². The molecule has 0 aliphatic carbocycles. The SMILES string of the molecule is O=Cc1c[nH]c2cc(F)cc(Cl)c12. The van der Waals surface area contributed by atoms with Crippen molar-refractivity contribution >= 4 is 28.8 Å². The summed E-state index contributed by atoms with van der Waals surface area (Å²) in [4.78, 5) is 13.3. The molecule has 0 saturated carbocycles. The van der Waals surface area contributed by atoms with E-state index >= 15 is 0 Å². The van der Waals surface area contributed by atoms with Gasteiger partial charge >= 0.3 is 0 Å². The van der Waals surface area contributed by atoms with E-state index in [1.54, 1.807) is 0 Å². The van der Waals surface area contributed by atoms with Gasteiger partial charge in [0.25, 0.3) is 0 Å². The van der Waals surface area contributed by atoms with E-state index in [0.717, 1.165) is 0 Å². The molecule has 0 saturated heterocycles. The number of benzene rings is 1. The van der Waals surface area contributed by atoms with E-state index in [1.807, 2.05) is 0 Å². The van der Waals surface area contributed by atoms with E-state index in [2.05, 4.69) is 4.98 Å². The average Bonchev–Trinajstić information content (AvgIpc) is 2.47. The first-order valence-corrected chi connectivity index (χ1v) is 4.01. The lowest BCUT2D eigenvalue weighted by atomic mass is 10.2. The van der Waals surface area contributed by atoms with Crippen LogP contribution in [0.5, 0.6) is 0 Å². The molecule has 1 aromatic carbocycles. The molecule has 0 amide bonds. The lowest BCUT2D eigenvalue weighted by Gasteiger charge is -1.95. The molecule has 0 fully saturated rings. The number of halogens is 2. The fourth-order valence-electron chi connectivity index (χ4n) is 1.30. The number of nitrogens with one attached hydrogen (secondary N) is 1. The Bertz CT molecular complexity index is 478. The predicted molar refractivity (Wildman–Crippen MR) is 48.7 cm³/mol. The van der Waals surface area contributed by atoms with Gasteiger partial charge in [-0.05, 0) is 12.1 Å². The zero-order chi connectivity index (χ0) is 9.42. The number of aromatic amines is 1. The fraction of sp³-hybridized carbons (Fsp3) is 0. The maximum Gasteiger partial charge on any atom is 0.152 e. The van der Waals surface area contributed by atoms with Crippen LogP contribution in [-0.2, 0) is 0 Å². The summed E-state index contributed by atoms with van der Waals surface area (Å²) < 4.78 is 12.8. The van der Waals surface area contributed by atoms with Crippen LogP contribution in [0.3, 0.4) is 0 Å². The molecule has 0 aliphatic rings. The molecule has 2 nitrogen and oxygen atoms in total. The molecule has 0 spiro atoms. The van der Waals surface area contributed by atoms with Crippen LogP contribution in [0.1, 0.15) is 10.4 Å². The second-order valence-electron chi connectivity index (χ2n) is 2.67. The number of aldehydes is 1. The molecule has 66 valence electrons. The number of carbonyl (C=O) groups excluding carboxylic acids is 1. The van der Waals surface area contributed by atoms with Gasteiger partial charge in [0.2, 0.25) is 0 Å². The number of aromatic nitrogens is 1. The maximum absolute atomic E-state index is 12.8. The highest BCUT2D eigenvalue weighted by atomic mass is 35.5. The summed E-state index contributed by atoms with van der Waals surface area (Å²) in [6, 6.07) is 2.49. The van der Waals surface area contributed by atoms with Gasteiger partial charge in [0.05, 0.1) is 10.5 Å². The van der Waals surface area contributed by atoms with Crippen molar-refractivity contribution in [1.82, 2.24) is 4.98 Å². The van der Waals surface area contributed by atoms with Gasteiger partial charge in [-0.3, -0.25) is 4.79 Å². The zero-order valence-electron chi connectivity index (χ0n) is 6.47. The summed E-state index contributed by atoms with van der Waals surface area (Å²) in [5.74, 6) is -0.420. The minimum Gasteiger partial charge on any atom is -0.360 e. The molecule has 1 aromatic heterocycles. The maximum atomic E-state index is 12.8. The summed E-state index contributed by atoms with van der Waals surface area (Å²) in [6.07, 6.45) is 2.19. The van der Waals surface area contributed by atoms with Crippen LogP contribution in [0.4, 0.5) is 4.39 Å². The number of hydrogen-bond donors (Lipinski definition) is 1. The topological polar surface area (TPSA) is 32.9 Å². The smallest absolute Gasteiger partial charge is 0.152 e. The van der Waals surface area contributed by atoms with Gasteiger partial charge < -0.3 is 4.98 Å². The lowest BCUT2D eigenvalue weighted by molar-refractivity contribution is 0.112. The highest BCUT2D eigenvalue weighted by Crippen LogP contribution is 2.26. The van der Waals surface area contributed by atoms with E-state index in [0.29, 0.717) is 22.8 Å². The Balaban J connectivity index is 2.89. The first-order valence-electron chi connectivity index (χ1n) is 3.63. The minimum atomic E-state index is -0.420. The van der Waals surface area contributed by atoms with E-state index in [4.69, 9.17) is 11.6 Å². The molecular formula is C9H5ClFNO. The zero-order valence-corrected chi connectivity index (χ0v) is 7.23. The van der Waals surface area contributed by atoms with Crippen molar-refractivity contribution in [3.63, 3.8) is 0 Å². The third-order valence-corrected chi connectivity index (χ3v) is 2.15. The molecule has 4 heteroatoms. The fourth-order valence-corrected chi connectivity index (χ4v) is 1.62. The molecule has 2 rings (SSSR count). The van der Waals surface area contributed by atoms with Gasteiger partial charge in [0.15, 0.2) is 6.29 Å². The molecule has 1 heterocycles. The monoisotopic (exact) mass is 197 g/mol. The number of carbonyl (C=O) groups is 1. The van der Waals surface area contributed by atoms with Gasteiger partial charge in [0.1, 0.15) is 5.82 Å². The molecule has 2 aromatic rings. The Morgan fingerprint density at radius 3 is 2.92 bits per heavy atom. The first-order chi connectivity index (χ1) is 6.22. The van der Waals surface area contributed by atoms with Crippen molar-refractivity contribution in [2.24, 2.45) is 0 Å². The Morgan fingerprint density at radius 1 is 1.46 bits per heavy atom. The molecule has 0 atom stereocenters. The van der Waals surface area contributed by atoms with E-state index in [9.17, 15) is 9.18 Å². The van der Waals surface area contributed by atoms with Crippen LogP contribution in [0.25, 0.3) is 10.9 Å². The largest absolute Gasteiger partial charge is 0.360 e. The van der Waals surface area contributed by atoms with Gasteiger partial charge in [-0.2, -0.15) is 0 Å². The summed E-state index contributed by atoms with van der Waals surface area (Å²) in [7, 11) is 0. The van der Waals surface area contributed by atoms with E-state index in [1.165, 1.54) is 18.3 Å². The molecule has 0 radical (unpaired) electrons. The van der Waals surface area contributed by atoms with Crippen molar-refractivity contribution in [3.05, 3.63) is 34.7 Å². The number of hydrogen-bond acceptors (Lipinski definition) is 1. The number of fused-ring (bicyclic) bond motifs is 1. The third-order valence-electron chi connectivity index (χ3n) is 1.85. The highest BCUT2D eigenvalue weighted by Gasteiger charge is 2.08. The van der Waals surface area contributed by atoms with Crippen molar-refractivity contribution in [3.8, 4) is 0 Å². The van der Waals surface area contributed by atoms with Crippen LogP contribution >= 0.6 is 11.6 Å². The van der Waals surface area contributed by atoms with Crippen LogP contribution in [0.2, 0.25) is 5.02 Å². The van der Waals surface area contributed by atoms with Crippen molar-refractivity contribution < 1.29 is 9.18 Å². The molecule has 0 unspecified atom stereocenters. The standard InChI is InChI=1S/C9H5ClFNO/c10-7-1-6(11)2-8-9(7)5(4-13)3-12-8/h1-4,12H. The first kappa shape index (κ1) is 8.26. The second kappa shape index (κ2) is 2.85. The Kier molecular flexibility index (Phi) is 1.81. The normalized spacial score (nSPS) is 10.6. The van der Waals surface area contributed by atoms with Gasteiger partial charge in [-0.1, -0.05) is 11.6 Å². The molecule has 0 bridgehead atoms. The molecular weight excluding hydrogens is 193 g/mol. The Labute approximate surface area is 78.3 Å². The molecule has 1 N–H and O–H groups in total. The summed E-state index contributed by atoms with van der Waals surface area (Å²) in [5.41, 5.74) is 0.979. The van der Waals surface area contributed by atoms with Crippen molar-refractivity contribution in [2.45, 2.75) is 0 Å². The van der Waals surface area contributed by atoms with Crippen molar-refractivity contribution in [2.75, 3.05) is 0 Å². The van der Waals surface area contributed by atoms with Gasteiger partial charge in [-0.15, -0.1) is 0 Å². The Hall–Kier alpha value is -1.35. The average molecular weight is 198 g/mol. The number of H-pyrrole nitrogens is 1. The van der Waals surface area contributed by atoms with Crippen LogP contribution in [0.15, 0.2) is 18.3 Å². The lowest BCUT2D eigenvalue weighted by Crippen LogP contribution is -1.79. The van der Waals surface area contributed by atoms with Crippen LogP contribution in [-0.4, -0.2) is 11.3 Å². The summed E-state index contributed by atoms with van der Waals surface area (Å²) in [5, 5.41) is 0.816. The van der Waals surface area contributed by atoms with Crippen LogP contribution < -0.4 is 0 Å². The second-order valence-corrected chi connectivity index (χ2v) is 3.08. The van der Waals surface area contributed by atoms with Crippen molar-refractivity contribution in [1.29, 1.82) is 0 Å². The molecule has 13 heavy (non-hydrogen) atoms. The highest BCUT2D eigenvalue weighted by molar-refractivity contribution is 6.36. The molecule has 0 aliphatic heterocycles. The number of rotatable bonds is 1. The van der Waals surface area contributed by atoms with E-state index < -0.39 is 5.82 Å². The third kappa shape index (κ3) is 1.21. The van der Waals surface area contributed by atoms with Gasteiger partial charge in [-0.25, -0.2) is 4.39 Å². The Morgan fingerprint density at radius 2 is 2.23 bits per heavy atom. The van der Waals surface area contributed by atoms with Crippen LogP contribution in [0, 0.1) is 5.82 Å². The van der Waals surface area contributed by atoms with E-state index in [-0.39, 0.29) is 5.02 Å². The quantitative estimate of drug-likeness (QED) is 0.701.